The van der Waals surface area contributed by atoms with Crippen molar-refractivity contribution in [2.24, 2.45) is 0 Å². The molecule has 0 saturated heterocycles. The minimum Gasteiger partial charge on any atom is -0.748 e. The van der Waals surface area contributed by atoms with Crippen molar-refractivity contribution in [3.05, 3.63) is 0 Å². The number of carbonyl (C=O) groups is 4. The summed E-state index contributed by atoms with van der Waals surface area (Å²) >= 11 is 0. The fourth-order valence-corrected chi connectivity index (χ4v) is 2.53. The molecule has 1 atom stereocenters. The first-order valence-electron chi connectivity index (χ1n) is 9.74. The fourth-order valence-electron chi connectivity index (χ4n) is 1.43. The molecule has 1 unspecified atom stereocenters. The van der Waals surface area contributed by atoms with Crippen molar-refractivity contribution >= 4 is 54.2 Å². The predicted molar refractivity (Wildman–Crippen MR) is 115 cm³/mol. The van der Waals surface area contributed by atoms with Crippen LogP contribution in [0.3, 0.4) is 0 Å². The molecule has 18 nitrogen and oxygen atoms in total. The van der Waals surface area contributed by atoms with E-state index in [1.54, 1.807) is 6.92 Å². The van der Waals surface area contributed by atoms with Gasteiger partial charge in [0.1, 0.15) is 47.6 Å². The third-order valence-corrected chi connectivity index (χ3v) is 4.38. The molecule has 0 aliphatic heterocycles. The molecule has 0 radical (unpaired) electrons. The number of ether oxygens (including phenoxy) is 5. The number of carbonyl (C=O) groups excluding carboxylic acids is 4. The Bertz CT molecular complexity index is 1030. The van der Waals surface area contributed by atoms with Crippen LogP contribution in [0.15, 0.2) is 0 Å². The third kappa shape index (κ3) is 35.8. The van der Waals surface area contributed by atoms with Gasteiger partial charge in [-0.3, -0.25) is 19.2 Å². The summed E-state index contributed by atoms with van der Waals surface area (Å²) in [4.78, 5) is 41.9. The topological polar surface area (TPSA) is 286 Å². The summed E-state index contributed by atoms with van der Waals surface area (Å²) in [6.45, 7) is 5.91. The summed E-state index contributed by atoms with van der Waals surface area (Å²) in [5.41, 5.74) is 0. The molecule has 0 aliphatic carbocycles. The number of rotatable bonds is 13. The summed E-state index contributed by atoms with van der Waals surface area (Å²) in [7, 11) is -13.7. The zero-order valence-electron chi connectivity index (χ0n) is 20.1. The van der Waals surface area contributed by atoms with Crippen LogP contribution in [-0.4, -0.2) is 106 Å². The van der Waals surface area contributed by atoms with Gasteiger partial charge in [0.2, 0.25) is 6.79 Å². The lowest BCUT2D eigenvalue weighted by atomic mass is 10.5. The van der Waals surface area contributed by atoms with Gasteiger partial charge < -0.3 is 37.3 Å². The molecule has 0 aliphatic rings. The first-order valence-corrected chi connectivity index (χ1v) is 14.5. The Morgan fingerprint density at radius 3 is 1.35 bits per heavy atom. The largest absolute Gasteiger partial charge is 0.748 e. The normalized spacial score (nSPS) is 11.9. The Labute approximate surface area is 213 Å². The molecule has 21 heteroatoms. The van der Waals surface area contributed by atoms with Crippen molar-refractivity contribution in [1.29, 1.82) is 0 Å². The standard InChI is InChI=1S/C6H10O7S.C6H12O6S.C4H8O5S/c1-2-5(7)12-4-13-6(8)3-14(9,10)11;1-3-11-5(2)12-6(7)4-13(8,9)10;1-2-9-4(5)3-10(6,7)8/h2-4H2,1H3,(H,9,10,11);5H,3-4H2,1-2H3,(H,8,9,10);2-3H2,1H3,(H,6,7,8)/p-3. The van der Waals surface area contributed by atoms with Crippen molar-refractivity contribution < 1.29 is 81.8 Å². The van der Waals surface area contributed by atoms with Crippen LogP contribution in [0.4, 0.5) is 0 Å². The van der Waals surface area contributed by atoms with E-state index in [1.807, 2.05) is 0 Å². The lowest BCUT2D eigenvalue weighted by Gasteiger charge is -2.13. The molecule has 220 valence electrons. The quantitative estimate of drug-likeness (QED) is 0.0912. The van der Waals surface area contributed by atoms with E-state index >= 15 is 0 Å². The Kier molecular flexibility index (Phi) is 20.8. The van der Waals surface area contributed by atoms with E-state index in [0.717, 1.165) is 0 Å². The van der Waals surface area contributed by atoms with Crippen molar-refractivity contribution in [3.8, 4) is 0 Å². The first kappa shape index (κ1) is 39.1. The number of hydrogen-bond acceptors (Lipinski definition) is 18. The minimum atomic E-state index is -4.64. The van der Waals surface area contributed by atoms with E-state index in [-0.39, 0.29) is 13.0 Å². The molecule has 0 spiro atoms. The summed E-state index contributed by atoms with van der Waals surface area (Å²) in [6, 6.07) is 0. The average Bonchev–Trinajstić information content (AvgIpc) is 2.64. The van der Waals surface area contributed by atoms with Gasteiger partial charge in [-0.25, -0.2) is 25.3 Å². The molecule has 0 saturated carbocycles. The van der Waals surface area contributed by atoms with Crippen molar-refractivity contribution in [2.45, 2.75) is 40.4 Å². The Hall–Kier alpha value is -2.43. The number of hydrogen-bond donors (Lipinski definition) is 0. The molecule has 0 aromatic rings. The SMILES string of the molecule is CCC(=O)OCOC(=O)CS(=O)(=O)[O-].CCOC(=O)CS(=O)(=O)[O-].CCOC(C)OC(=O)CS(=O)(=O)[O-]. The van der Waals surface area contributed by atoms with E-state index in [2.05, 4.69) is 18.9 Å². The highest BCUT2D eigenvalue weighted by atomic mass is 32.2. The Morgan fingerprint density at radius 2 is 1.00 bits per heavy atom. The molecule has 0 aromatic carbocycles. The molecule has 0 bridgehead atoms. The van der Waals surface area contributed by atoms with Gasteiger partial charge in [0.25, 0.3) is 0 Å². The van der Waals surface area contributed by atoms with Gasteiger partial charge in [0, 0.05) is 13.0 Å². The maximum atomic E-state index is 10.7. The molecular weight excluding hydrogens is 576 g/mol. The Balaban J connectivity index is -0.000000476. The second-order valence-corrected chi connectivity index (χ2v) is 10.1. The maximum Gasteiger partial charge on any atom is 0.322 e. The van der Waals surface area contributed by atoms with Crippen LogP contribution in [0.5, 0.6) is 0 Å². The van der Waals surface area contributed by atoms with E-state index in [1.165, 1.54) is 20.8 Å². The van der Waals surface area contributed by atoms with E-state index < -0.39 is 84.6 Å². The molecule has 37 heavy (non-hydrogen) atoms. The third-order valence-electron chi connectivity index (χ3n) is 2.62. The summed E-state index contributed by atoms with van der Waals surface area (Å²) in [6.07, 6.45) is -0.725. The van der Waals surface area contributed by atoms with E-state index in [0.29, 0.717) is 6.61 Å². The zero-order valence-corrected chi connectivity index (χ0v) is 22.5. The van der Waals surface area contributed by atoms with Crippen molar-refractivity contribution in [2.75, 3.05) is 37.3 Å². The van der Waals surface area contributed by atoms with Gasteiger partial charge in [0.05, 0.1) is 6.61 Å². The van der Waals surface area contributed by atoms with Gasteiger partial charge in [-0.1, -0.05) is 6.92 Å². The molecule has 0 heterocycles. The van der Waals surface area contributed by atoms with Gasteiger partial charge in [-0.15, -0.1) is 0 Å². The zero-order chi connectivity index (χ0) is 29.9. The molecule has 0 amide bonds. The van der Waals surface area contributed by atoms with Crippen LogP contribution >= 0.6 is 0 Å². The van der Waals surface area contributed by atoms with Crippen LogP contribution in [0.2, 0.25) is 0 Å². The molecule has 0 N–H and O–H groups in total. The van der Waals surface area contributed by atoms with Crippen LogP contribution in [0.1, 0.15) is 34.1 Å². The average molecular weight is 604 g/mol. The first-order chi connectivity index (χ1) is 16.7. The van der Waals surface area contributed by atoms with E-state index in [4.69, 9.17) is 4.74 Å². The van der Waals surface area contributed by atoms with Gasteiger partial charge in [-0.05, 0) is 20.8 Å². The van der Waals surface area contributed by atoms with E-state index in [9.17, 15) is 58.1 Å². The lowest BCUT2D eigenvalue weighted by molar-refractivity contribution is -0.171. The molecular formula is C16H27O18S3-3. The Morgan fingerprint density at radius 1 is 0.622 bits per heavy atom. The summed E-state index contributed by atoms with van der Waals surface area (Å²) in [5, 5.41) is 0. The predicted octanol–water partition coefficient (Wildman–Crippen LogP) is -2.46. The highest BCUT2D eigenvalue weighted by Gasteiger charge is 2.12. The highest BCUT2D eigenvalue weighted by molar-refractivity contribution is 7.86. The monoisotopic (exact) mass is 603 g/mol. The van der Waals surface area contributed by atoms with Crippen LogP contribution in [0, 0.1) is 0 Å². The van der Waals surface area contributed by atoms with Gasteiger partial charge >= 0.3 is 23.9 Å². The lowest BCUT2D eigenvalue weighted by Crippen LogP contribution is -2.24. The number of esters is 4. The van der Waals surface area contributed by atoms with Crippen LogP contribution < -0.4 is 0 Å². The van der Waals surface area contributed by atoms with Gasteiger partial charge in [0.15, 0.2) is 6.29 Å². The highest BCUT2D eigenvalue weighted by Crippen LogP contribution is 1.95. The van der Waals surface area contributed by atoms with Crippen LogP contribution in [-0.2, 0) is 73.2 Å². The second kappa shape index (κ2) is 19.7. The van der Waals surface area contributed by atoms with Gasteiger partial charge in [-0.2, -0.15) is 0 Å². The van der Waals surface area contributed by atoms with Crippen LogP contribution in [0.25, 0.3) is 0 Å². The summed E-state index contributed by atoms with van der Waals surface area (Å²) < 4.78 is 112. The molecule has 0 aromatic heterocycles. The summed E-state index contributed by atoms with van der Waals surface area (Å²) in [5.74, 6) is -7.46. The maximum absolute atomic E-state index is 10.7. The van der Waals surface area contributed by atoms with Crippen molar-refractivity contribution in [3.63, 3.8) is 0 Å². The minimum absolute atomic E-state index is 0.0777. The van der Waals surface area contributed by atoms with Crippen molar-refractivity contribution in [1.82, 2.24) is 0 Å². The molecule has 0 rings (SSSR count). The molecule has 0 fully saturated rings. The second-order valence-electron chi connectivity index (χ2n) is 5.93. The fraction of sp³-hybridized carbons (Fsp3) is 0.750. The smallest absolute Gasteiger partial charge is 0.322 e.